The largest absolute Gasteiger partial charge is 0.495 e. The lowest BCUT2D eigenvalue weighted by molar-refractivity contribution is -0.432. The van der Waals surface area contributed by atoms with Gasteiger partial charge < -0.3 is 4.74 Å². The number of benzene rings is 2. The van der Waals surface area contributed by atoms with Gasteiger partial charge in [0.2, 0.25) is 6.54 Å². The van der Waals surface area contributed by atoms with Crippen LogP contribution >= 0.6 is 11.8 Å². The minimum absolute atomic E-state index is 0.0514. The Morgan fingerprint density at radius 2 is 1.92 bits per heavy atom. The van der Waals surface area contributed by atoms with Crippen LogP contribution in [0.3, 0.4) is 0 Å². The summed E-state index contributed by atoms with van der Waals surface area (Å²) in [5.74, 6) is 0.959. The van der Waals surface area contributed by atoms with Crippen molar-refractivity contribution in [3.05, 3.63) is 70.1 Å². The van der Waals surface area contributed by atoms with Crippen molar-refractivity contribution in [1.82, 2.24) is 0 Å². The molecule has 0 aromatic heterocycles. The summed E-state index contributed by atoms with van der Waals surface area (Å²) in [4.78, 5) is 22.6. The molecule has 122 valence electrons. The van der Waals surface area contributed by atoms with E-state index in [0.717, 1.165) is 36.8 Å². The number of carbonyl (C=O) groups excluding carboxylic acids is 1. The molecule has 1 amide bonds. The predicted octanol–water partition coefficient (Wildman–Crippen LogP) is 3.79. The van der Waals surface area contributed by atoms with Crippen LogP contribution in [0.4, 0.5) is 4.79 Å². The first-order chi connectivity index (χ1) is 11.7. The van der Waals surface area contributed by atoms with Gasteiger partial charge in [-0.15, -0.1) is 0 Å². The third-order valence-corrected chi connectivity index (χ3v) is 5.53. The molecule has 2 atom stereocenters. The Morgan fingerprint density at radius 1 is 1.08 bits per heavy atom. The smallest absolute Gasteiger partial charge is 0.489 e. The zero-order chi connectivity index (χ0) is 16.5. The first-order valence-electron chi connectivity index (χ1n) is 8.15. The Kier molecular flexibility index (Phi) is 4.10. The van der Waals surface area contributed by atoms with Crippen LogP contribution in [0, 0.1) is 4.91 Å². The van der Waals surface area contributed by atoms with E-state index in [1.165, 1.54) is 16.7 Å². The summed E-state index contributed by atoms with van der Waals surface area (Å²) in [6.07, 6.45) is 2.73. The monoisotopic (exact) mass is 340 g/mol. The number of nitrogens with zero attached hydrogens (tertiary/aromatic N) is 1. The highest BCUT2D eigenvalue weighted by Crippen LogP contribution is 2.33. The molecular formula is C19H18NO3S+. The second-order valence-corrected chi connectivity index (χ2v) is 7.60. The quantitative estimate of drug-likeness (QED) is 0.795. The molecule has 0 spiro atoms. The van der Waals surface area contributed by atoms with Gasteiger partial charge >= 0.3 is 5.24 Å². The molecule has 1 fully saturated rings. The van der Waals surface area contributed by atoms with Crippen molar-refractivity contribution >= 4 is 17.0 Å². The van der Waals surface area contributed by atoms with E-state index in [1.54, 1.807) is 0 Å². The van der Waals surface area contributed by atoms with Gasteiger partial charge in [0.25, 0.3) is 0 Å². The van der Waals surface area contributed by atoms with E-state index in [0.29, 0.717) is 4.76 Å². The Balaban J connectivity index is 1.42. The van der Waals surface area contributed by atoms with Crippen molar-refractivity contribution in [2.24, 2.45) is 0 Å². The van der Waals surface area contributed by atoms with Crippen molar-refractivity contribution in [1.29, 1.82) is 0 Å². The summed E-state index contributed by atoms with van der Waals surface area (Å²) in [7, 11) is 0. The van der Waals surface area contributed by atoms with E-state index in [4.69, 9.17) is 4.74 Å². The fraction of sp³-hybridized carbons (Fsp3) is 0.316. The molecule has 0 N–H and O–H groups in total. The van der Waals surface area contributed by atoms with E-state index in [-0.39, 0.29) is 23.1 Å². The Morgan fingerprint density at radius 3 is 2.67 bits per heavy atom. The molecule has 5 heteroatoms. The van der Waals surface area contributed by atoms with E-state index in [1.807, 2.05) is 18.2 Å². The number of carbonyl (C=O) groups is 1. The minimum atomic E-state index is -0.368. The zero-order valence-electron chi connectivity index (χ0n) is 13.2. The third kappa shape index (κ3) is 3.22. The summed E-state index contributed by atoms with van der Waals surface area (Å²) in [5, 5.41) is -0.317. The van der Waals surface area contributed by atoms with Crippen LogP contribution in [0.5, 0.6) is 5.75 Å². The molecule has 4 nitrogen and oxygen atoms in total. The number of nitroso groups, excluding NO2 is 1. The van der Waals surface area contributed by atoms with Gasteiger partial charge in [0.15, 0.2) is 0 Å². The number of hydrogen-bond acceptors (Lipinski definition) is 4. The van der Waals surface area contributed by atoms with Crippen molar-refractivity contribution in [3.63, 3.8) is 0 Å². The summed E-state index contributed by atoms with van der Waals surface area (Å²) in [6.45, 7) is 0.285. The lowest BCUT2D eigenvalue weighted by Gasteiger charge is -2.10. The van der Waals surface area contributed by atoms with Gasteiger partial charge in [-0.25, -0.2) is 4.79 Å². The highest BCUT2D eigenvalue weighted by molar-refractivity contribution is 8.13. The maximum atomic E-state index is 11.3. The maximum absolute atomic E-state index is 11.3. The maximum Gasteiger partial charge on any atom is 0.495 e. The highest BCUT2D eigenvalue weighted by atomic mass is 32.2. The van der Waals surface area contributed by atoms with Crippen LogP contribution in [0.25, 0.3) is 0 Å². The molecule has 2 aromatic carbocycles. The summed E-state index contributed by atoms with van der Waals surface area (Å²) < 4.78 is 6.61. The van der Waals surface area contributed by atoms with Gasteiger partial charge in [-0.1, -0.05) is 42.5 Å². The van der Waals surface area contributed by atoms with Crippen molar-refractivity contribution < 1.29 is 14.3 Å². The van der Waals surface area contributed by atoms with Crippen LogP contribution in [-0.2, 0) is 19.3 Å². The number of ether oxygens (including phenoxy) is 1. The average molecular weight is 340 g/mol. The van der Waals surface area contributed by atoms with Crippen molar-refractivity contribution in [2.45, 2.75) is 30.6 Å². The minimum Gasteiger partial charge on any atom is -0.489 e. The molecule has 4 rings (SSSR count). The van der Waals surface area contributed by atoms with Gasteiger partial charge in [-0.3, -0.25) is 0 Å². The molecule has 24 heavy (non-hydrogen) atoms. The fourth-order valence-corrected chi connectivity index (χ4v) is 4.32. The molecule has 0 saturated carbocycles. The normalized spacial score (nSPS) is 22.5. The molecule has 2 aliphatic heterocycles. The third-order valence-electron chi connectivity index (χ3n) is 4.48. The highest BCUT2D eigenvalue weighted by Gasteiger charge is 2.39. The van der Waals surface area contributed by atoms with Crippen molar-refractivity contribution in [3.8, 4) is 5.75 Å². The number of fused-ring (bicyclic) bond motifs is 1. The average Bonchev–Trinajstić information content (AvgIpc) is 3.10. The first kappa shape index (κ1) is 15.4. The zero-order valence-corrected chi connectivity index (χ0v) is 14.0. The molecule has 2 unspecified atom stereocenters. The Hall–Kier alpha value is -2.14. The standard InChI is InChI=1S/C19H18NO3S/c21-19-20(22)12-17(24-19)10-14-6-7-18-15(8-14)11-16(23-18)9-13-4-2-1-3-5-13/h1-8,16-17H,9-12H2/q+1. The van der Waals surface area contributed by atoms with Gasteiger partial charge in [0.1, 0.15) is 11.9 Å². The van der Waals surface area contributed by atoms with Crippen LogP contribution in [0.2, 0.25) is 0 Å². The summed E-state index contributed by atoms with van der Waals surface area (Å²) in [5.41, 5.74) is 3.67. The number of thioether (sulfide) groups is 1. The number of rotatable bonds is 4. The molecule has 1 saturated heterocycles. The van der Waals surface area contributed by atoms with E-state index in [2.05, 4.69) is 30.3 Å². The SMILES string of the molecule is O=C1SC(Cc2ccc3c(c2)CC(Cc2ccccc2)O3)C[N+]1=O. The molecule has 2 aromatic rings. The molecular weight excluding hydrogens is 322 g/mol. The second-order valence-electron chi connectivity index (χ2n) is 6.35. The molecule has 0 aliphatic carbocycles. The van der Waals surface area contributed by atoms with Gasteiger partial charge in [0, 0.05) is 29.5 Å². The lowest BCUT2D eigenvalue weighted by Crippen LogP contribution is -2.16. The molecule has 0 bridgehead atoms. The van der Waals surface area contributed by atoms with E-state index in [9.17, 15) is 9.70 Å². The second kappa shape index (κ2) is 6.40. The molecule has 2 aliphatic rings. The number of amides is 1. The summed E-state index contributed by atoms with van der Waals surface area (Å²) in [6, 6.07) is 16.6. The van der Waals surface area contributed by atoms with Crippen LogP contribution in [-0.4, -0.2) is 27.9 Å². The lowest BCUT2D eigenvalue weighted by atomic mass is 10.0. The summed E-state index contributed by atoms with van der Waals surface area (Å²) >= 11 is 1.15. The Bertz CT molecular complexity index is 774. The Labute approximate surface area is 144 Å². The van der Waals surface area contributed by atoms with Gasteiger partial charge in [-0.05, 0) is 29.2 Å². The van der Waals surface area contributed by atoms with Crippen molar-refractivity contribution in [2.75, 3.05) is 6.54 Å². The molecule has 0 radical (unpaired) electrons. The van der Waals surface area contributed by atoms with Crippen LogP contribution in [0.15, 0.2) is 48.5 Å². The predicted molar refractivity (Wildman–Crippen MR) is 93.7 cm³/mol. The fourth-order valence-electron chi connectivity index (χ4n) is 3.36. The van der Waals surface area contributed by atoms with E-state index < -0.39 is 0 Å². The van der Waals surface area contributed by atoms with E-state index >= 15 is 0 Å². The van der Waals surface area contributed by atoms with Gasteiger partial charge in [0.05, 0.1) is 10.0 Å². The van der Waals surface area contributed by atoms with Crippen LogP contribution in [0.1, 0.15) is 16.7 Å². The number of hydrogen-bond donors (Lipinski definition) is 0. The van der Waals surface area contributed by atoms with Crippen LogP contribution < -0.4 is 4.74 Å². The topological polar surface area (TPSA) is 46.4 Å². The molecule has 2 heterocycles. The van der Waals surface area contributed by atoms with Gasteiger partial charge in [-0.2, -0.15) is 0 Å². The first-order valence-corrected chi connectivity index (χ1v) is 9.03.